The number of aliphatic hydroxyl groups excluding tert-OH is 1. The molecule has 0 saturated carbocycles. The zero-order valence-electron chi connectivity index (χ0n) is 18.1. The molecule has 30 heavy (non-hydrogen) atoms. The van der Waals surface area contributed by atoms with E-state index in [1.165, 1.54) is 16.7 Å². The second-order valence-corrected chi connectivity index (χ2v) is 8.72. The van der Waals surface area contributed by atoms with E-state index >= 15 is 0 Å². The second-order valence-electron chi connectivity index (χ2n) is 8.72. The number of para-hydroxylation sites is 1. The third-order valence-corrected chi connectivity index (χ3v) is 5.71. The maximum absolute atomic E-state index is 10.5. The van der Waals surface area contributed by atoms with Crippen LogP contribution < -0.4 is 14.2 Å². The summed E-state index contributed by atoms with van der Waals surface area (Å²) in [4.78, 5) is 2.26. The van der Waals surface area contributed by atoms with Crippen molar-refractivity contribution in [2.75, 3.05) is 33.4 Å². The molecular weight excluding hydrogens is 378 g/mol. The molecule has 1 unspecified atom stereocenters. The van der Waals surface area contributed by atoms with Gasteiger partial charge in [-0.15, -0.1) is 0 Å². The first-order valence-electron chi connectivity index (χ1n) is 10.6. The number of methoxy groups -OCH3 is 1. The first-order chi connectivity index (χ1) is 14.4. The molecule has 0 radical (unpaired) electrons. The monoisotopic (exact) mass is 409 g/mol. The molecule has 5 heteroatoms. The zero-order chi connectivity index (χ0) is 21.1. The van der Waals surface area contributed by atoms with Crippen LogP contribution in [0.25, 0.3) is 5.57 Å². The Kier molecular flexibility index (Phi) is 6.02. The summed E-state index contributed by atoms with van der Waals surface area (Å²) in [6.45, 7) is 6.76. The van der Waals surface area contributed by atoms with Crippen molar-refractivity contribution >= 4 is 5.57 Å². The van der Waals surface area contributed by atoms with Crippen molar-refractivity contribution in [2.45, 2.75) is 38.4 Å². The van der Waals surface area contributed by atoms with Crippen LogP contribution in [0.2, 0.25) is 0 Å². The van der Waals surface area contributed by atoms with E-state index in [0.717, 1.165) is 43.2 Å². The summed E-state index contributed by atoms with van der Waals surface area (Å²) in [6.07, 6.45) is 3.54. The van der Waals surface area contributed by atoms with Gasteiger partial charge >= 0.3 is 0 Å². The molecule has 1 N–H and O–H groups in total. The Morgan fingerprint density at radius 1 is 1.17 bits per heavy atom. The molecule has 2 aromatic rings. The SMILES string of the molecule is COc1ccc(C2=CCN(CC(O)COc3cccc4c3OC(C)(C)C4)CC2)cc1. The lowest BCUT2D eigenvalue weighted by atomic mass is 9.99. The highest BCUT2D eigenvalue weighted by atomic mass is 16.5. The van der Waals surface area contributed by atoms with Gasteiger partial charge in [0.2, 0.25) is 0 Å². The molecule has 0 amide bonds. The van der Waals surface area contributed by atoms with Gasteiger partial charge < -0.3 is 19.3 Å². The Morgan fingerprint density at radius 3 is 2.67 bits per heavy atom. The van der Waals surface area contributed by atoms with E-state index in [1.54, 1.807) is 7.11 Å². The average Bonchev–Trinajstić information content (AvgIpc) is 3.07. The summed E-state index contributed by atoms with van der Waals surface area (Å²) in [5.74, 6) is 2.41. The molecule has 0 spiro atoms. The highest BCUT2D eigenvalue weighted by molar-refractivity contribution is 5.67. The molecule has 0 fully saturated rings. The number of benzene rings is 2. The summed E-state index contributed by atoms with van der Waals surface area (Å²) in [5.41, 5.74) is 3.54. The van der Waals surface area contributed by atoms with Crippen LogP contribution in [-0.2, 0) is 6.42 Å². The van der Waals surface area contributed by atoms with Crippen LogP contribution in [0, 0.1) is 0 Å². The zero-order valence-corrected chi connectivity index (χ0v) is 18.1. The molecule has 2 aromatic carbocycles. The highest BCUT2D eigenvalue weighted by Gasteiger charge is 2.32. The number of ether oxygens (including phenoxy) is 3. The largest absolute Gasteiger partial charge is 0.497 e. The minimum Gasteiger partial charge on any atom is -0.497 e. The van der Waals surface area contributed by atoms with Crippen molar-refractivity contribution < 1.29 is 19.3 Å². The van der Waals surface area contributed by atoms with Crippen molar-refractivity contribution in [3.8, 4) is 17.2 Å². The van der Waals surface area contributed by atoms with E-state index < -0.39 is 6.10 Å². The molecule has 0 saturated heterocycles. The van der Waals surface area contributed by atoms with Crippen LogP contribution in [0.15, 0.2) is 48.5 Å². The summed E-state index contributed by atoms with van der Waals surface area (Å²) in [5, 5.41) is 10.5. The summed E-state index contributed by atoms with van der Waals surface area (Å²) in [7, 11) is 1.68. The van der Waals surface area contributed by atoms with Crippen LogP contribution in [0.1, 0.15) is 31.4 Å². The molecule has 2 heterocycles. The molecule has 160 valence electrons. The number of rotatable bonds is 7. The average molecular weight is 410 g/mol. The highest BCUT2D eigenvalue weighted by Crippen LogP contribution is 2.41. The second kappa shape index (κ2) is 8.70. The Balaban J connectivity index is 1.28. The van der Waals surface area contributed by atoms with Crippen molar-refractivity contribution in [1.82, 2.24) is 4.90 Å². The van der Waals surface area contributed by atoms with Crippen molar-refractivity contribution in [3.63, 3.8) is 0 Å². The number of hydrogen-bond donors (Lipinski definition) is 1. The van der Waals surface area contributed by atoms with Crippen LogP contribution in [0.5, 0.6) is 17.2 Å². The first-order valence-corrected chi connectivity index (χ1v) is 10.6. The standard InChI is InChI=1S/C25H31NO4/c1-25(2)15-20-5-4-6-23(24(20)30-25)29-17-21(27)16-26-13-11-19(12-14-26)18-7-9-22(28-3)10-8-18/h4-11,21,27H,12-17H2,1-3H3. The van der Waals surface area contributed by atoms with Crippen molar-refractivity contribution in [2.24, 2.45) is 0 Å². The maximum atomic E-state index is 10.5. The van der Waals surface area contributed by atoms with E-state index in [-0.39, 0.29) is 12.2 Å². The topological polar surface area (TPSA) is 51.2 Å². The summed E-state index contributed by atoms with van der Waals surface area (Å²) < 4.78 is 17.2. The lowest BCUT2D eigenvalue weighted by Crippen LogP contribution is -2.38. The van der Waals surface area contributed by atoms with E-state index in [4.69, 9.17) is 14.2 Å². The quantitative estimate of drug-likeness (QED) is 0.751. The minimum atomic E-state index is -0.550. The predicted molar refractivity (Wildman–Crippen MR) is 118 cm³/mol. The number of fused-ring (bicyclic) bond motifs is 1. The van der Waals surface area contributed by atoms with Gasteiger partial charge in [0.15, 0.2) is 11.5 Å². The molecule has 0 aromatic heterocycles. The molecule has 2 aliphatic heterocycles. The van der Waals surface area contributed by atoms with Crippen molar-refractivity contribution in [1.29, 1.82) is 0 Å². The van der Waals surface area contributed by atoms with Crippen molar-refractivity contribution in [3.05, 3.63) is 59.7 Å². The minimum absolute atomic E-state index is 0.206. The van der Waals surface area contributed by atoms with Crippen LogP contribution in [0.4, 0.5) is 0 Å². The number of hydrogen-bond acceptors (Lipinski definition) is 5. The summed E-state index contributed by atoms with van der Waals surface area (Å²) in [6, 6.07) is 14.2. The van der Waals surface area contributed by atoms with E-state index in [1.807, 2.05) is 24.3 Å². The molecule has 4 rings (SSSR count). The lowest BCUT2D eigenvalue weighted by molar-refractivity contribution is 0.0681. The van der Waals surface area contributed by atoms with Crippen LogP contribution >= 0.6 is 0 Å². The number of nitrogens with zero attached hydrogens (tertiary/aromatic N) is 1. The molecule has 5 nitrogen and oxygen atoms in total. The van der Waals surface area contributed by atoms with Gasteiger partial charge in [0.05, 0.1) is 7.11 Å². The Morgan fingerprint density at radius 2 is 1.97 bits per heavy atom. The van der Waals surface area contributed by atoms with Gasteiger partial charge in [0.25, 0.3) is 0 Å². The molecule has 2 aliphatic rings. The van der Waals surface area contributed by atoms with Gasteiger partial charge in [0.1, 0.15) is 24.1 Å². The molecular formula is C25H31NO4. The molecule has 1 atom stereocenters. The van der Waals surface area contributed by atoms with E-state index in [2.05, 4.69) is 43.0 Å². The van der Waals surface area contributed by atoms with Gasteiger partial charge in [-0.25, -0.2) is 0 Å². The fourth-order valence-electron chi connectivity index (χ4n) is 4.18. The van der Waals surface area contributed by atoms with Gasteiger partial charge in [-0.1, -0.05) is 30.3 Å². The molecule has 0 bridgehead atoms. The van der Waals surface area contributed by atoms with Gasteiger partial charge in [0, 0.05) is 31.6 Å². The van der Waals surface area contributed by atoms with Crippen LogP contribution in [0.3, 0.4) is 0 Å². The van der Waals surface area contributed by atoms with Gasteiger partial charge in [-0.2, -0.15) is 0 Å². The fraction of sp³-hybridized carbons (Fsp3) is 0.440. The normalized spacial score (nSPS) is 18.9. The Hall–Kier alpha value is -2.50. The first kappa shape index (κ1) is 20.8. The number of aliphatic hydroxyl groups is 1. The van der Waals surface area contributed by atoms with Gasteiger partial charge in [-0.3, -0.25) is 4.90 Å². The maximum Gasteiger partial charge on any atom is 0.165 e. The summed E-state index contributed by atoms with van der Waals surface area (Å²) >= 11 is 0. The Bertz CT molecular complexity index is 904. The van der Waals surface area contributed by atoms with E-state index in [0.29, 0.717) is 6.54 Å². The smallest absolute Gasteiger partial charge is 0.165 e. The van der Waals surface area contributed by atoms with Crippen LogP contribution in [-0.4, -0.2) is 55.1 Å². The predicted octanol–water partition coefficient (Wildman–Crippen LogP) is 3.94. The fourth-order valence-corrected chi connectivity index (χ4v) is 4.18. The lowest BCUT2D eigenvalue weighted by Gasteiger charge is -2.28. The van der Waals surface area contributed by atoms with E-state index in [9.17, 15) is 5.11 Å². The third kappa shape index (κ3) is 4.79. The molecule has 0 aliphatic carbocycles. The van der Waals surface area contributed by atoms with Gasteiger partial charge in [-0.05, 0) is 49.6 Å². The Labute approximate surface area is 178 Å². The number of β-amino-alcohol motifs (C(OH)–C–C–N with tert-alkyl or cyclic N) is 1. The third-order valence-electron chi connectivity index (χ3n) is 5.71.